The van der Waals surface area contributed by atoms with Crippen LogP contribution in [0.1, 0.15) is 0 Å². The molecule has 9 heteroatoms. The Hall–Kier alpha value is -2.39. The second kappa shape index (κ2) is 5.94. The molecule has 2 aromatic rings. The molecule has 1 N–H and O–H groups in total. The van der Waals surface area contributed by atoms with Gasteiger partial charge in [-0.05, 0) is 0 Å². The highest BCUT2D eigenvalue weighted by molar-refractivity contribution is 7.85. The van der Waals surface area contributed by atoms with Crippen LogP contribution < -0.4 is 14.2 Å². The summed E-state index contributed by atoms with van der Waals surface area (Å²) < 4.78 is 46.8. The van der Waals surface area contributed by atoms with Crippen LogP contribution in [0.3, 0.4) is 0 Å². The highest BCUT2D eigenvalue weighted by Gasteiger charge is 2.14. The van der Waals surface area contributed by atoms with Crippen molar-refractivity contribution in [2.75, 3.05) is 14.2 Å². The molecule has 1 heterocycles. The molecule has 2 rings (SSSR count). The Labute approximate surface area is 121 Å². The van der Waals surface area contributed by atoms with Crippen molar-refractivity contribution in [2.24, 2.45) is 0 Å². The summed E-state index contributed by atoms with van der Waals surface area (Å²) in [7, 11) is -1.58. The minimum absolute atomic E-state index is 0.128. The summed E-state index contributed by atoms with van der Waals surface area (Å²) >= 11 is 0. The van der Waals surface area contributed by atoms with Crippen LogP contribution in [0.25, 0.3) is 0 Å². The van der Waals surface area contributed by atoms with Crippen molar-refractivity contribution < 1.29 is 27.2 Å². The molecule has 0 unspecified atom stereocenters. The first-order valence-corrected chi connectivity index (χ1v) is 7.07. The first kappa shape index (κ1) is 15.0. The molecular formula is C12H12N2O6S. The Morgan fingerprint density at radius 2 is 1.62 bits per heavy atom. The quantitative estimate of drug-likeness (QED) is 0.828. The van der Waals surface area contributed by atoms with Crippen molar-refractivity contribution in [3.05, 3.63) is 30.6 Å². The molecule has 0 amide bonds. The fourth-order valence-corrected chi connectivity index (χ4v) is 2.01. The van der Waals surface area contributed by atoms with Crippen molar-refractivity contribution in [1.82, 2.24) is 9.97 Å². The zero-order valence-corrected chi connectivity index (χ0v) is 12.0. The summed E-state index contributed by atoms with van der Waals surface area (Å²) in [5, 5.41) is 0. The molecule has 0 atom stereocenters. The van der Waals surface area contributed by atoms with Gasteiger partial charge in [-0.25, -0.2) is 9.97 Å². The van der Waals surface area contributed by atoms with E-state index in [1.807, 2.05) is 0 Å². The summed E-state index contributed by atoms with van der Waals surface area (Å²) in [6.45, 7) is 0. The molecule has 1 aromatic carbocycles. The van der Waals surface area contributed by atoms with Gasteiger partial charge in [0.25, 0.3) is 10.1 Å². The lowest BCUT2D eigenvalue weighted by atomic mass is 10.3. The Kier molecular flexibility index (Phi) is 4.24. The fraction of sp³-hybridized carbons (Fsp3) is 0.167. The maximum Gasteiger partial charge on any atom is 0.294 e. The van der Waals surface area contributed by atoms with Gasteiger partial charge in [-0.3, -0.25) is 4.55 Å². The number of ether oxygens (including phenoxy) is 3. The van der Waals surface area contributed by atoms with E-state index in [0.29, 0.717) is 0 Å². The third-order valence-electron chi connectivity index (χ3n) is 2.44. The van der Waals surface area contributed by atoms with Crippen molar-refractivity contribution >= 4 is 10.1 Å². The van der Waals surface area contributed by atoms with Crippen LogP contribution in [-0.4, -0.2) is 37.2 Å². The fourth-order valence-electron chi connectivity index (χ4n) is 1.48. The Morgan fingerprint density at radius 1 is 0.952 bits per heavy atom. The third-order valence-corrected chi connectivity index (χ3v) is 3.27. The van der Waals surface area contributed by atoms with E-state index < -0.39 is 10.1 Å². The Morgan fingerprint density at radius 3 is 2.24 bits per heavy atom. The van der Waals surface area contributed by atoms with Crippen molar-refractivity contribution in [2.45, 2.75) is 4.90 Å². The van der Waals surface area contributed by atoms with Crippen LogP contribution in [0.4, 0.5) is 0 Å². The number of rotatable bonds is 5. The molecule has 0 spiro atoms. The summed E-state index contributed by atoms with van der Waals surface area (Å²) in [5.41, 5.74) is 0. The maximum absolute atomic E-state index is 11.2. The molecule has 0 saturated carbocycles. The van der Waals surface area contributed by atoms with Gasteiger partial charge in [-0.1, -0.05) is 0 Å². The molecule has 0 bridgehead atoms. The zero-order chi connectivity index (χ0) is 15.5. The molecule has 0 aliphatic carbocycles. The molecular weight excluding hydrogens is 300 g/mol. The van der Waals surface area contributed by atoms with Crippen LogP contribution in [0.15, 0.2) is 35.5 Å². The second-order valence-electron chi connectivity index (χ2n) is 3.82. The minimum Gasteiger partial charge on any atom is -0.497 e. The van der Waals surface area contributed by atoms with Crippen LogP contribution in [-0.2, 0) is 10.1 Å². The van der Waals surface area contributed by atoms with Crippen molar-refractivity contribution in [3.63, 3.8) is 0 Å². The monoisotopic (exact) mass is 312 g/mol. The largest absolute Gasteiger partial charge is 0.497 e. The van der Waals surface area contributed by atoms with Gasteiger partial charge in [0.05, 0.1) is 20.3 Å². The van der Waals surface area contributed by atoms with Gasteiger partial charge in [-0.2, -0.15) is 8.42 Å². The van der Waals surface area contributed by atoms with Crippen LogP contribution in [0.5, 0.6) is 23.3 Å². The lowest BCUT2D eigenvalue weighted by Gasteiger charge is -2.09. The first-order valence-electron chi connectivity index (χ1n) is 5.63. The third kappa shape index (κ3) is 3.80. The standard InChI is InChI=1S/C12H12N2O6S/c1-18-8-3-9(5-10(4-8)21(15,16)17)20-12-6-11(19-2)13-7-14-12/h3-7H,1-2H3,(H,15,16,17). The Balaban J connectivity index is 2.39. The van der Waals surface area contributed by atoms with E-state index in [-0.39, 0.29) is 28.2 Å². The lowest BCUT2D eigenvalue weighted by Crippen LogP contribution is -2.00. The number of benzene rings is 1. The van der Waals surface area contributed by atoms with Gasteiger partial charge < -0.3 is 14.2 Å². The molecule has 8 nitrogen and oxygen atoms in total. The summed E-state index contributed by atoms with van der Waals surface area (Å²) in [6, 6.07) is 5.19. The zero-order valence-electron chi connectivity index (χ0n) is 11.2. The highest BCUT2D eigenvalue weighted by Crippen LogP contribution is 2.29. The minimum atomic E-state index is -4.38. The lowest BCUT2D eigenvalue weighted by molar-refractivity contribution is 0.385. The highest BCUT2D eigenvalue weighted by atomic mass is 32.2. The van der Waals surface area contributed by atoms with Crippen LogP contribution in [0, 0.1) is 0 Å². The summed E-state index contributed by atoms with van der Waals surface area (Å²) in [5.74, 6) is 0.776. The number of hydrogen-bond donors (Lipinski definition) is 1. The SMILES string of the molecule is COc1cc(Oc2cc(OC)ncn2)cc(S(=O)(=O)O)c1. The van der Waals surface area contributed by atoms with E-state index in [0.717, 1.165) is 6.07 Å². The normalized spacial score (nSPS) is 11.0. The average Bonchev–Trinajstić information content (AvgIpc) is 2.46. The molecule has 0 aliphatic rings. The summed E-state index contributed by atoms with van der Waals surface area (Å²) in [6.07, 6.45) is 1.23. The number of nitrogens with zero attached hydrogens (tertiary/aromatic N) is 2. The number of methoxy groups -OCH3 is 2. The van der Waals surface area contributed by atoms with Gasteiger partial charge in [0.15, 0.2) is 0 Å². The topological polar surface area (TPSA) is 108 Å². The molecule has 0 radical (unpaired) electrons. The predicted octanol–water partition coefficient (Wildman–Crippen LogP) is 1.53. The Bertz CT molecular complexity index is 747. The van der Waals surface area contributed by atoms with Gasteiger partial charge in [0.2, 0.25) is 11.8 Å². The van der Waals surface area contributed by atoms with E-state index in [4.69, 9.17) is 18.8 Å². The maximum atomic E-state index is 11.2. The second-order valence-corrected chi connectivity index (χ2v) is 5.24. The van der Waals surface area contributed by atoms with Gasteiger partial charge in [0.1, 0.15) is 22.7 Å². The van der Waals surface area contributed by atoms with Crippen LogP contribution in [0.2, 0.25) is 0 Å². The van der Waals surface area contributed by atoms with Gasteiger partial charge >= 0.3 is 0 Å². The van der Waals surface area contributed by atoms with E-state index in [9.17, 15) is 8.42 Å². The molecule has 1 aromatic heterocycles. The van der Waals surface area contributed by atoms with Crippen LogP contribution >= 0.6 is 0 Å². The van der Waals surface area contributed by atoms with Crippen molar-refractivity contribution in [1.29, 1.82) is 0 Å². The molecule has 0 fully saturated rings. The van der Waals surface area contributed by atoms with E-state index >= 15 is 0 Å². The summed E-state index contributed by atoms with van der Waals surface area (Å²) in [4.78, 5) is 7.33. The molecule has 0 aliphatic heterocycles. The van der Waals surface area contributed by atoms with Gasteiger partial charge in [-0.15, -0.1) is 0 Å². The van der Waals surface area contributed by atoms with E-state index in [2.05, 4.69) is 9.97 Å². The van der Waals surface area contributed by atoms with E-state index in [1.54, 1.807) is 0 Å². The smallest absolute Gasteiger partial charge is 0.294 e. The molecule has 112 valence electrons. The molecule has 0 saturated heterocycles. The van der Waals surface area contributed by atoms with Crippen molar-refractivity contribution in [3.8, 4) is 23.3 Å². The number of hydrogen-bond acceptors (Lipinski definition) is 7. The van der Waals surface area contributed by atoms with E-state index in [1.165, 1.54) is 38.7 Å². The average molecular weight is 312 g/mol. The molecule has 21 heavy (non-hydrogen) atoms. The van der Waals surface area contributed by atoms with Gasteiger partial charge in [0, 0.05) is 18.2 Å². The number of aromatic nitrogens is 2. The predicted molar refractivity (Wildman–Crippen MR) is 71.5 cm³/mol. The first-order chi connectivity index (χ1) is 9.92.